The van der Waals surface area contributed by atoms with Gasteiger partial charge in [0.05, 0.1) is 21.7 Å². The smallest absolute Gasteiger partial charge is 0.323 e. The highest BCUT2D eigenvalue weighted by molar-refractivity contribution is 6.42. The summed E-state index contributed by atoms with van der Waals surface area (Å²) in [5.74, 6) is 0.417. The van der Waals surface area contributed by atoms with Crippen LogP contribution in [-0.2, 0) is 4.74 Å². The molecule has 8 nitrogen and oxygen atoms in total. The van der Waals surface area contributed by atoms with Crippen molar-refractivity contribution in [3.8, 4) is 5.75 Å². The van der Waals surface area contributed by atoms with Crippen molar-refractivity contribution < 1.29 is 19.1 Å². The van der Waals surface area contributed by atoms with Crippen LogP contribution in [0.2, 0.25) is 10.0 Å². The Kier molecular flexibility index (Phi) is 9.02. The van der Waals surface area contributed by atoms with Gasteiger partial charge in [-0.2, -0.15) is 0 Å². The summed E-state index contributed by atoms with van der Waals surface area (Å²) in [6.45, 7) is 5.63. The highest BCUT2D eigenvalue weighted by atomic mass is 35.5. The normalized spacial score (nSPS) is 21.5. The zero-order valence-electron chi connectivity index (χ0n) is 19.7. The molecule has 34 heavy (non-hydrogen) atoms. The quantitative estimate of drug-likeness (QED) is 0.557. The second-order valence-electron chi connectivity index (χ2n) is 8.48. The van der Waals surface area contributed by atoms with Crippen LogP contribution >= 0.6 is 23.2 Å². The molecular weight excluding hydrogens is 479 g/mol. The predicted molar refractivity (Wildman–Crippen MR) is 135 cm³/mol. The summed E-state index contributed by atoms with van der Waals surface area (Å²) in [5.41, 5.74) is 1.38. The SMILES string of the molecule is CO[C@@H]1CN(C)C(=O)c2ccc(NC(=O)Nc3ccc(Cl)c(Cl)c3)cc2OC[C@@H](C)NC[C@@H]1C. The number of carbonyl (C=O) groups excluding carboxylic acids is 2. The van der Waals surface area contributed by atoms with E-state index in [4.69, 9.17) is 32.7 Å². The molecule has 1 heterocycles. The van der Waals surface area contributed by atoms with Crippen LogP contribution in [0.15, 0.2) is 36.4 Å². The maximum atomic E-state index is 13.2. The highest BCUT2D eigenvalue weighted by Crippen LogP contribution is 2.27. The average Bonchev–Trinajstić information content (AvgIpc) is 2.80. The number of methoxy groups -OCH3 is 1. The predicted octanol–water partition coefficient (Wildman–Crippen LogP) is 4.73. The third-order valence-electron chi connectivity index (χ3n) is 5.66. The zero-order valence-corrected chi connectivity index (χ0v) is 21.2. The molecule has 0 spiro atoms. The Morgan fingerprint density at radius 3 is 2.47 bits per heavy atom. The van der Waals surface area contributed by atoms with Crippen LogP contribution in [0.25, 0.3) is 0 Å². The van der Waals surface area contributed by atoms with Crippen molar-refractivity contribution in [1.82, 2.24) is 10.2 Å². The lowest BCUT2D eigenvalue weighted by molar-refractivity contribution is 0.0281. The van der Waals surface area contributed by atoms with Gasteiger partial charge in [0.25, 0.3) is 5.91 Å². The summed E-state index contributed by atoms with van der Waals surface area (Å²) in [4.78, 5) is 27.3. The van der Waals surface area contributed by atoms with Gasteiger partial charge < -0.3 is 30.3 Å². The molecule has 0 aliphatic carbocycles. The van der Waals surface area contributed by atoms with E-state index in [1.807, 2.05) is 6.92 Å². The van der Waals surface area contributed by atoms with Gasteiger partial charge in [0, 0.05) is 50.7 Å². The number of hydrogen-bond acceptors (Lipinski definition) is 5. The Bertz CT molecular complexity index is 1040. The molecule has 2 aromatic carbocycles. The van der Waals surface area contributed by atoms with Gasteiger partial charge in [0.1, 0.15) is 12.4 Å². The van der Waals surface area contributed by atoms with Gasteiger partial charge in [-0.3, -0.25) is 4.79 Å². The Hall–Kier alpha value is -2.52. The Morgan fingerprint density at radius 1 is 1.12 bits per heavy atom. The van der Waals surface area contributed by atoms with Crippen LogP contribution in [-0.4, -0.2) is 62.8 Å². The van der Waals surface area contributed by atoms with E-state index in [0.29, 0.717) is 45.9 Å². The molecule has 1 aliphatic rings. The van der Waals surface area contributed by atoms with Crippen molar-refractivity contribution in [2.45, 2.75) is 26.0 Å². The number of hydrogen-bond donors (Lipinski definition) is 3. The van der Waals surface area contributed by atoms with Crippen molar-refractivity contribution >= 4 is 46.5 Å². The number of amides is 3. The van der Waals surface area contributed by atoms with Crippen LogP contribution < -0.4 is 20.7 Å². The summed E-state index contributed by atoms with van der Waals surface area (Å²) in [7, 11) is 3.40. The molecule has 3 atom stereocenters. The second-order valence-corrected chi connectivity index (χ2v) is 9.29. The number of anilines is 2. The largest absolute Gasteiger partial charge is 0.491 e. The molecule has 0 bridgehead atoms. The molecule has 2 aromatic rings. The van der Waals surface area contributed by atoms with Crippen molar-refractivity contribution in [2.75, 3.05) is 44.5 Å². The van der Waals surface area contributed by atoms with Crippen molar-refractivity contribution in [1.29, 1.82) is 0 Å². The van der Waals surface area contributed by atoms with Crippen molar-refractivity contribution in [3.63, 3.8) is 0 Å². The average molecular weight is 509 g/mol. The van der Waals surface area contributed by atoms with Gasteiger partial charge in [-0.1, -0.05) is 30.1 Å². The molecule has 184 valence electrons. The molecule has 0 fully saturated rings. The van der Waals surface area contributed by atoms with Crippen molar-refractivity contribution in [3.05, 3.63) is 52.0 Å². The summed E-state index contributed by atoms with van der Waals surface area (Å²) in [5, 5.41) is 9.63. The van der Waals surface area contributed by atoms with E-state index in [0.717, 1.165) is 6.54 Å². The number of likely N-dealkylation sites (N-methyl/N-ethyl adjacent to an activating group) is 1. The lowest BCUT2D eigenvalue weighted by Crippen LogP contribution is -2.44. The molecule has 0 aromatic heterocycles. The highest BCUT2D eigenvalue weighted by Gasteiger charge is 2.25. The Morgan fingerprint density at radius 2 is 1.79 bits per heavy atom. The number of halogens is 2. The third-order valence-corrected chi connectivity index (χ3v) is 6.40. The number of nitrogens with one attached hydrogen (secondary N) is 3. The first kappa shape index (κ1) is 26.1. The number of fused-ring (bicyclic) bond motifs is 1. The third kappa shape index (κ3) is 6.76. The lowest BCUT2D eigenvalue weighted by atomic mass is 10.0. The molecule has 0 radical (unpaired) electrons. The molecule has 3 amide bonds. The number of carbonyl (C=O) groups is 2. The molecule has 3 rings (SSSR count). The second kappa shape index (κ2) is 11.8. The number of nitrogens with zero attached hydrogens (tertiary/aromatic N) is 1. The van der Waals surface area contributed by atoms with E-state index in [1.54, 1.807) is 55.5 Å². The minimum atomic E-state index is -0.470. The van der Waals surface area contributed by atoms with E-state index in [-0.39, 0.29) is 24.0 Å². The molecule has 0 saturated heterocycles. The fourth-order valence-electron chi connectivity index (χ4n) is 3.60. The van der Waals surface area contributed by atoms with Gasteiger partial charge >= 0.3 is 6.03 Å². The van der Waals surface area contributed by atoms with Crippen LogP contribution in [0.4, 0.5) is 16.2 Å². The fraction of sp³-hybridized carbons (Fsp3) is 0.417. The lowest BCUT2D eigenvalue weighted by Gasteiger charge is -2.30. The minimum absolute atomic E-state index is 0.0506. The Labute approximate surface area is 209 Å². The summed E-state index contributed by atoms with van der Waals surface area (Å²) >= 11 is 11.9. The van der Waals surface area contributed by atoms with E-state index in [9.17, 15) is 9.59 Å². The maximum Gasteiger partial charge on any atom is 0.323 e. The first-order valence-electron chi connectivity index (χ1n) is 11.0. The van der Waals surface area contributed by atoms with Gasteiger partial charge in [-0.15, -0.1) is 0 Å². The van der Waals surface area contributed by atoms with E-state index < -0.39 is 6.03 Å². The zero-order chi connectivity index (χ0) is 24.8. The van der Waals surface area contributed by atoms with Crippen LogP contribution in [0, 0.1) is 5.92 Å². The number of benzene rings is 2. The summed E-state index contributed by atoms with van der Waals surface area (Å²) in [6, 6.07) is 9.33. The van der Waals surface area contributed by atoms with Gasteiger partial charge in [0.2, 0.25) is 0 Å². The first-order valence-corrected chi connectivity index (χ1v) is 11.7. The minimum Gasteiger partial charge on any atom is -0.491 e. The number of rotatable bonds is 3. The molecule has 10 heteroatoms. The van der Waals surface area contributed by atoms with Gasteiger partial charge in [-0.05, 0) is 43.2 Å². The Balaban J connectivity index is 1.80. The fourth-order valence-corrected chi connectivity index (χ4v) is 3.90. The van der Waals surface area contributed by atoms with Gasteiger partial charge in [-0.25, -0.2) is 4.79 Å². The van der Waals surface area contributed by atoms with Crippen LogP contribution in [0.1, 0.15) is 24.2 Å². The van der Waals surface area contributed by atoms with Gasteiger partial charge in [0.15, 0.2) is 0 Å². The summed E-state index contributed by atoms with van der Waals surface area (Å²) in [6.07, 6.45) is -0.108. The standard InChI is InChI=1S/C24H30Cl2N4O4/c1-14-11-27-15(2)13-34-21-10-17(5-7-18(21)23(31)30(3)12-22(14)33-4)29-24(32)28-16-6-8-19(25)20(26)9-16/h5-10,14-15,22,27H,11-13H2,1-4H3,(H2,28,29,32)/t14-,15+,22+/m0/s1. The molecule has 3 N–H and O–H groups in total. The molecular formula is C24H30Cl2N4O4. The summed E-state index contributed by atoms with van der Waals surface area (Å²) < 4.78 is 11.6. The first-order chi connectivity index (χ1) is 16.2. The van der Waals surface area contributed by atoms with E-state index in [2.05, 4.69) is 22.9 Å². The number of urea groups is 1. The molecule has 1 aliphatic heterocycles. The monoisotopic (exact) mass is 508 g/mol. The number of ether oxygens (including phenoxy) is 2. The van der Waals surface area contributed by atoms with E-state index in [1.165, 1.54) is 0 Å². The topological polar surface area (TPSA) is 91.9 Å². The van der Waals surface area contributed by atoms with E-state index >= 15 is 0 Å². The molecule has 0 unspecified atom stereocenters. The maximum absolute atomic E-state index is 13.2. The molecule has 0 saturated carbocycles. The van der Waals surface area contributed by atoms with Crippen LogP contribution in [0.3, 0.4) is 0 Å². The van der Waals surface area contributed by atoms with Crippen LogP contribution in [0.5, 0.6) is 5.75 Å². The van der Waals surface area contributed by atoms with Crippen molar-refractivity contribution in [2.24, 2.45) is 5.92 Å².